The quantitative estimate of drug-likeness (QED) is 0.494. The Labute approximate surface area is 167 Å². The molecule has 0 aromatic heterocycles. The molecular weight excluding hydrogens is 412 g/mol. The Morgan fingerprint density at radius 3 is 2.35 bits per heavy atom. The van der Waals surface area contributed by atoms with E-state index in [1.165, 1.54) is 5.56 Å². The van der Waals surface area contributed by atoms with Gasteiger partial charge in [0.1, 0.15) is 18.5 Å². The lowest BCUT2D eigenvalue weighted by molar-refractivity contribution is 0.220. The van der Waals surface area contributed by atoms with Gasteiger partial charge in [-0.3, -0.25) is 0 Å². The van der Waals surface area contributed by atoms with Crippen LogP contribution in [0.4, 0.5) is 0 Å². The van der Waals surface area contributed by atoms with Crippen molar-refractivity contribution in [2.75, 3.05) is 0 Å². The zero-order valence-corrected chi connectivity index (χ0v) is 16.8. The van der Waals surface area contributed by atoms with Crippen LogP contribution in [0.15, 0.2) is 71.2 Å². The lowest BCUT2D eigenvalue weighted by atomic mass is 9.99. The Morgan fingerprint density at radius 1 is 1.00 bits per heavy atom. The van der Waals surface area contributed by atoms with E-state index >= 15 is 0 Å². The van der Waals surface area contributed by atoms with Gasteiger partial charge >= 0.3 is 0 Å². The third kappa shape index (κ3) is 4.47. The zero-order chi connectivity index (χ0) is 18.5. The predicted molar refractivity (Wildman–Crippen MR) is 110 cm³/mol. The van der Waals surface area contributed by atoms with Crippen molar-refractivity contribution in [3.63, 3.8) is 0 Å². The molecule has 1 atom stereocenters. The highest BCUT2D eigenvalue weighted by atomic mass is 79.9. The second-order valence-corrected chi connectivity index (χ2v) is 7.34. The highest BCUT2D eigenvalue weighted by Gasteiger charge is 2.17. The van der Waals surface area contributed by atoms with Crippen molar-refractivity contribution in [1.29, 1.82) is 0 Å². The van der Waals surface area contributed by atoms with Crippen LogP contribution in [0, 0.1) is 0 Å². The van der Waals surface area contributed by atoms with E-state index in [2.05, 4.69) is 22.9 Å². The minimum absolute atomic E-state index is 0.455. The van der Waals surface area contributed by atoms with Crippen LogP contribution in [-0.4, -0.2) is 5.11 Å². The summed E-state index contributed by atoms with van der Waals surface area (Å²) in [5.41, 5.74) is 3.78. The molecule has 26 heavy (non-hydrogen) atoms. The minimum Gasteiger partial charge on any atom is -0.488 e. The number of aliphatic hydroxyl groups excluding tert-OH is 1. The van der Waals surface area contributed by atoms with E-state index in [0.717, 1.165) is 22.0 Å². The molecule has 1 unspecified atom stereocenters. The fourth-order valence-corrected chi connectivity index (χ4v) is 3.45. The van der Waals surface area contributed by atoms with Crippen LogP contribution in [0.1, 0.15) is 35.3 Å². The fraction of sp³-hybridized carbons (Fsp3) is 0.182. The molecule has 0 amide bonds. The lowest BCUT2D eigenvalue weighted by Gasteiger charge is -2.16. The maximum Gasteiger partial charge on any atom is 0.135 e. The molecule has 0 aliphatic carbocycles. The van der Waals surface area contributed by atoms with E-state index in [4.69, 9.17) is 16.3 Å². The zero-order valence-electron chi connectivity index (χ0n) is 14.5. The average Bonchev–Trinajstić information content (AvgIpc) is 2.68. The maximum atomic E-state index is 10.7. The van der Waals surface area contributed by atoms with Crippen LogP contribution in [0.5, 0.6) is 5.75 Å². The van der Waals surface area contributed by atoms with Crippen LogP contribution in [-0.2, 0) is 13.0 Å². The summed E-state index contributed by atoms with van der Waals surface area (Å²) < 4.78 is 6.62. The number of hydrogen-bond donors (Lipinski definition) is 1. The highest BCUT2D eigenvalue weighted by Crippen LogP contribution is 2.37. The maximum absolute atomic E-state index is 10.7. The summed E-state index contributed by atoms with van der Waals surface area (Å²) in [5.74, 6) is 0.649. The number of aliphatic hydroxyl groups is 1. The van der Waals surface area contributed by atoms with E-state index in [-0.39, 0.29) is 0 Å². The summed E-state index contributed by atoms with van der Waals surface area (Å²) in [6, 6.07) is 21.4. The van der Waals surface area contributed by atoms with Gasteiger partial charge in [0.25, 0.3) is 0 Å². The van der Waals surface area contributed by atoms with Gasteiger partial charge in [-0.25, -0.2) is 0 Å². The minimum atomic E-state index is -0.784. The van der Waals surface area contributed by atoms with Gasteiger partial charge < -0.3 is 9.84 Å². The van der Waals surface area contributed by atoms with Crippen molar-refractivity contribution in [3.8, 4) is 5.75 Å². The first-order valence-corrected chi connectivity index (χ1v) is 9.68. The molecule has 134 valence electrons. The van der Waals surface area contributed by atoms with Crippen molar-refractivity contribution < 1.29 is 9.84 Å². The summed E-state index contributed by atoms with van der Waals surface area (Å²) >= 11 is 9.95. The van der Waals surface area contributed by atoms with Crippen molar-refractivity contribution in [3.05, 3.63) is 98.5 Å². The van der Waals surface area contributed by atoms with Gasteiger partial charge in [-0.15, -0.1) is 0 Å². The average molecular weight is 432 g/mol. The topological polar surface area (TPSA) is 29.5 Å². The predicted octanol–water partition coefficient (Wildman–Crippen LogP) is 6.33. The summed E-state index contributed by atoms with van der Waals surface area (Å²) in [6.45, 7) is 2.56. The van der Waals surface area contributed by atoms with Gasteiger partial charge in [-0.05, 0) is 45.1 Å². The summed E-state index contributed by atoms with van der Waals surface area (Å²) in [6.07, 6.45) is 0.184. The third-order valence-corrected chi connectivity index (χ3v) is 5.23. The fourth-order valence-electron chi connectivity index (χ4n) is 2.71. The van der Waals surface area contributed by atoms with E-state index in [1.807, 2.05) is 60.7 Å². The molecule has 0 bridgehead atoms. The van der Waals surface area contributed by atoms with E-state index in [0.29, 0.717) is 22.9 Å². The number of benzene rings is 3. The summed E-state index contributed by atoms with van der Waals surface area (Å²) in [4.78, 5) is 0. The highest BCUT2D eigenvalue weighted by molar-refractivity contribution is 9.10. The molecule has 1 N–H and O–H groups in total. The van der Waals surface area contributed by atoms with E-state index in [9.17, 15) is 5.11 Å². The van der Waals surface area contributed by atoms with Gasteiger partial charge in [-0.2, -0.15) is 0 Å². The molecule has 3 aromatic carbocycles. The Morgan fingerprint density at radius 2 is 1.69 bits per heavy atom. The molecule has 2 nitrogen and oxygen atoms in total. The van der Waals surface area contributed by atoms with Gasteiger partial charge in [0.2, 0.25) is 0 Å². The number of halogens is 2. The van der Waals surface area contributed by atoms with Gasteiger partial charge in [0.05, 0.1) is 9.50 Å². The summed E-state index contributed by atoms with van der Waals surface area (Å²) in [7, 11) is 0. The first-order chi connectivity index (χ1) is 12.6. The molecule has 0 fully saturated rings. The molecule has 4 heteroatoms. The Balaban J connectivity index is 1.79. The van der Waals surface area contributed by atoms with Gasteiger partial charge in [-0.1, -0.05) is 73.1 Å². The van der Waals surface area contributed by atoms with E-state index in [1.54, 1.807) is 6.07 Å². The molecular formula is C22H20BrClO2. The number of rotatable bonds is 6. The molecule has 0 radical (unpaired) electrons. The Bertz CT molecular complexity index is 863. The lowest BCUT2D eigenvalue weighted by Crippen LogP contribution is -2.02. The van der Waals surface area contributed by atoms with E-state index < -0.39 is 6.10 Å². The molecule has 0 saturated heterocycles. The monoisotopic (exact) mass is 430 g/mol. The van der Waals surface area contributed by atoms with Crippen LogP contribution in [0.2, 0.25) is 5.02 Å². The van der Waals surface area contributed by atoms with Gasteiger partial charge in [0, 0.05) is 11.6 Å². The van der Waals surface area contributed by atoms with Crippen LogP contribution in [0.25, 0.3) is 0 Å². The Hall–Kier alpha value is -1.81. The molecule has 3 aromatic rings. The van der Waals surface area contributed by atoms with Gasteiger partial charge in [0.15, 0.2) is 0 Å². The molecule has 0 aliphatic rings. The SMILES string of the molecule is CCc1ccc(C(O)c2cc(Br)c(OCc3ccccc3)cc2Cl)cc1. The first-order valence-electron chi connectivity index (χ1n) is 8.51. The molecule has 0 spiro atoms. The first kappa shape index (κ1) is 19.0. The normalized spacial score (nSPS) is 12.0. The smallest absolute Gasteiger partial charge is 0.135 e. The number of hydrogen-bond acceptors (Lipinski definition) is 2. The second kappa shape index (κ2) is 8.72. The molecule has 3 rings (SSSR count). The van der Waals surface area contributed by atoms with Crippen molar-refractivity contribution in [2.45, 2.75) is 26.1 Å². The number of aryl methyl sites for hydroxylation is 1. The molecule has 0 heterocycles. The third-order valence-electron chi connectivity index (χ3n) is 4.29. The van der Waals surface area contributed by atoms with Crippen LogP contribution >= 0.6 is 27.5 Å². The van der Waals surface area contributed by atoms with Crippen molar-refractivity contribution in [1.82, 2.24) is 0 Å². The molecule has 0 saturated carbocycles. The Kier molecular flexibility index (Phi) is 6.36. The van der Waals surface area contributed by atoms with Crippen molar-refractivity contribution >= 4 is 27.5 Å². The van der Waals surface area contributed by atoms with Crippen molar-refractivity contribution in [2.24, 2.45) is 0 Å². The number of ether oxygens (including phenoxy) is 1. The standard InChI is InChI=1S/C22H20BrClO2/c1-2-15-8-10-17(11-9-15)22(25)18-12-19(23)21(13-20(18)24)26-14-16-6-4-3-5-7-16/h3-13,22,25H,2,14H2,1H3. The summed E-state index contributed by atoms with van der Waals surface area (Å²) in [5, 5.41) is 11.2. The largest absolute Gasteiger partial charge is 0.488 e. The molecule has 0 aliphatic heterocycles. The van der Waals surface area contributed by atoms with Crippen LogP contribution < -0.4 is 4.74 Å². The second-order valence-electron chi connectivity index (χ2n) is 6.08. The van der Waals surface area contributed by atoms with Crippen LogP contribution in [0.3, 0.4) is 0 Å².